The molecule has 7 nitrogen and oxygen atoms in total. The van der Waals surface area contributed by atoms with Crippen LogP contribution in [0.3, 0.4) is 0 Å². The van der Waals surface area contributed by atoms with E-state index in [-0.39, 0.29) is 18.4 Å². The van der Waals surface area contributed by atoms with Gasteiger partial charge in [-0.05, 0) is 19.8 Å². The summed E-state index contributed by atoms with van der Waals surface area (Å²) >= 11 is 0. The highest BCUT2D eigenvalue weighted by Gasteiger charge is 2.51. The van der Waals surface area contributed by atoms with E-state index in [1.807, 2.05) is 0 Å². The maximum absolute atomic E-state index is 12.7. The summed E-state index contributed by atoms with van der Waals surface area (Å²) in [5, 5.41) is 6.72. The van der Waals surface area contributed by atoms with Gasteiger partial charge in [0.15, 0.2) is 5.82 Å². The summed E-state index contributed by atoms with van der Waals surface area (Å²) in [6.07, 6.45) is 3.36. The molecule has 2 amide bonds. The fourth-order valence-corrected chi connectivity index (χ4v) is 3.07. The second kappa shape index (κ2) is 4.57. The van der Waals surface area contributed by atoms with Crippen LogP contribution in [0.2, 0.25) is 0 Å². The van der Waals surface area contributed by atoms with Crippen LogP contribution in [0.1, 0.15) is 44.3 Å². The van der Waals surface area contributed by atoms with Crippen LogP contribution in [-0.4, -0.2) is 38.4 Å². The molecule has 20 heavy (non-hydrogen) atoms. The molecule has 0 bridgehead atoms. The van der Waals surface area contributed by atoms with Gasteiger partial charge in [0, 0.05) is 6.92 Å². The van der Waals surface area contributed by atoms with E-state index in [2.05, 4.69) is 15.5 Å². The largest absolute Gasteiger partial charge is 0.340 e. The van der Waals surface area contributed by atoms with Crippen LogP contribution in [0.4, 0.5) is 0 Å². The molecule has 3 rings (SSSR count). The predicted octanol–water partition coefficient (Wildman–Crippen LogP) is 0.538. The van der Waals surface area contributed by atoms with Crippen LogP contribution >= 0.6 is 0 Å². The lowest BCUT2D eigenvalue weighted by atomic mass is 9.91. The Kier molecular flexibility index (Phi) is 2.99. The van der Waals surface area contributed by atoms with Crippen LogP contribution in [0.15, 0.2) is 4.52 Å². The number of piperazine rings is 1. The quantitative estimate of drug-likeness (QED) is 0.853. The molecular weight excluding hydrogens is 260 g/mol. The third-order valence-electron chi connectivity index (χ3n) is 4.22. The van der Waals surface area contributed by atoms with Crippen LogP contribution in [-0.2, 0) is 16.1 Å². The van der Waals surface area contributed by atoms with Gasteiger partial charge < -0.3 is 14.7 Å². The first-order chi connectivity index (χ1) is 9.52. The van der Waals surface area contributed by atoms with E-state index in [9.17, 15) is 9.59 Å². The molecule has 1 aliphatic carbocycles. The Hall–Kier alpha value is -1.92. The van der Waals surface area contributed by atoms with Crippen LogP contribution in [0.5, 0.6) is 0 Å². The summed E-state index contributed by atoms with van der Waals surface area (Å²) < 4.78 is 4.92. The highest BCUT2D eigenvalue weighted by atomic mass is 16.5. The van der Waals surface area contributed by atoms with Gasteiger partial charge in [-0.2, -0.15) is 4.98 Å². The number of nitrogens with zero attached hydrogens (tertiary/aromatic N) is 3. The standard InChI is InChI=1S/C13H18N4O3/c1-8-11(18)15-13(5-3-4-6-13)12(19)17(8)7-10-14-9(2)20-16-10/h8H,3-7H2,1-2H3,(H,15,18). The van der Waals surface area contributed by atoms with Gasteiger partial charge in [-0.1, -0.05) is 18.0 Å². The van der Waals surface area contributed by atoms with Gasteiger partial charge in [0.2, 0.25) is 17.7 Å². The lowest BCUT2D eigenvalue weighted by molar-refractivity contribution is -0.155. The Bertz CT molecular complexity index is 548. The second-order valence-corrected chi connectivity index (χ2v) is 5.62. The van der Waals surface area contributed by atoms with Gasteiger partial charge in [-0.15, -0.1) is 0 Å². The molecule has 2 fully saturated rings. The van der Waals surface area contributed by atoms with Crippen LogP contribution in [0.25, 0.3) is 0 Å². The van der Waals surface area contributed by atoms with Crippen molar-refractivity contribution >= 4 is 11.8 Å². The smallest absolute Gasteiger partial charge is 0.249 e. The van der Waals surface area contributed by atoms with Gasteiger partial charge in [0.05, 0.1) is 6.54 Å². The molecule has 2 aliphatic rings. The van der Waals surface area contributed by atoms with Gasteiger partial charge in [0.1, 0.15) is 11.6 Å². The topological polar surface area (TPSA) is 88.3 Å². The zero-order valence-electron chi connectivity index (χ0n) is 11.7. The Morgan fingerprint density at radius 1 is 1.40 bits per heavy atom. The lowest BCUT2D eigenvalue weighted by Gasteiger charge is -2.42. The maximum atomic E-state index is 12.7. The molecule has 1 saturated heterocycles. The number of hydrogen-bond acceptors (Lipinski definition) is 5. The SMILES string of the molecule is Cc1nc(CN2C(=O)C3(CCCC3)NC(=O)C2C)no1. The van der Waals surface area contributed by atoms with E-state index >= 15 is 0 Å². The highest BCUT2D eigenvalue weighted by Crippen LogP contribution is 2.34. The average Bonchev–Trinajstić information content (AvgIpc) is 3.03. The summed E-state index contributed by atoms with van der Waals surface area (Å²) in [4.78, 5) is 30.6. The van der Waals surface area contributed by atoms with E-state index < -0.39 is 11.6 Å². The van der Waals surface area contributed by atoms with Crippen LogP contribution in [0, 0.1) is 6.92 Å². The number of carbonyl (C=O) groups excluding carboxylic acids is 2. The molecule has 108 valence electrons. The first-order valence-electron chi connectivity index (χ1n) is 6.94. The minimum Gasteiger partial charge on any atom is -0.340 e. The molecule has 1 unspecified atom stereocenters. The molecule has 0 radical (unpaired) electrons. The zero-order valence-corrected chi connectivity index (χ0v) is 11.7. The summed E-state index contributed by atoms with van der Waals surface area (Å²) in [5.41, 5.74) is -0.706. The van der Waals surface area contributed by atoms with Gasteiger partial charge in [0.25, 0.3) is 0 Å². The minimum absolute atomic E-state index is 0.0236. The van der Waals surface area contributed by atoms with E-state index in [0.717, 1.165) is 12.8 Å². The van der Waals surface area contributed by atoms with E-state index in [0.29, 0.717) is 24.6 Å². The number of rotatable bonds is 2. The Labute approximate surface area is 116 Å². The van der Waals surface area contributed by atoms with Crippen molar-refractivity contribution in [2.45, 2.75) is 57.7 Å². The molecular formula is C13H18N4O3. The third-order valence-corrected chi connectivity index (χ3v) is 4.22. The molecule has 1 aliphatic heterocycles. The number of aryl methyl sites for hydroxylation is 1. The molecule has 1 spiro atoms. The Morgan fingerprint density at radius 3 is 2.70 bits per heavy atom. The number of nitrogens with one attached hydrogen (secondary N) is 1. The number of carbonyl (C=O) groups is 2. The molecule has 1 atom stereocenters. The third kappa shape index (κ3) is 1.97. The van der Waals surface area contributed by atoms with Crippen molar-refractivity contribution in [3.05, 3.63) is 11.7 Å². The average molecular weight is 278 g/mol. The van der Waals surface area contributed by atoms with E-state index in [4.69, 9.17) is 4.52 Å². The summed E-state index contributed by atoms with van der Waals surface area (Å²) in [6, 6.07) is -0.507. The fourth-order valence-electron chi connectivity index (χ4n) is 3.07. The van der Waals surface area contributed by atoms with Crippen molar-refractivity contribution in [3.8, 4) is 0 Å². The maximum Gasteiger partial charge on any atom is 0.249 e. The van der Waals surface area contributed by atoms with Gasteiger partial charge in [-0.25, -0.2) is 0 Å². The van der Waals surface area contributed by atoms with Crippen molar-refractivity contribution in [2.24, 2.45) is 0 Å². The molecule has 2 heterocycles. The number of aromatic nitrogens is 2. The Balaban J connectivity index is 1.86. The zero-order chi connectivity index (χ0) is 14.3. The van der Waals surface area contributed by atoms with Gasteiger partial charge >= 0.3 is 0 Å². The first-order valence-corrected chi connectivity index (χ1v) is 6.94. The first kappa shape index (κ1) is 13.1. The van der Waals surface area contributed by atoms with Crippen LogP contribution < -0.4 is 5.32 Å². The molecule has 1 aromatic heterocycles. The lowest BCUT2D eigenvalue weighted by Crippen LogP contribution is -2.68. The second-order valence-electron chi connectivity index (χ2n) is 5.62. The van der Waals surface area contributed by atoms with Crippen molar-refractivity contribution in [3.63, 3.8) is 0 Å². The molecule has 7 heteroatoms. The van der Waals surface area contributed by atoms with Crippen molar-refractivity contribution in [1.82, 2.24) is 20.4 Å². The fraction of sp³-hybridized carbons (Fsp3) is 0.692. The van der Waals surface area contributed by atoms with Gasteiger partial charge in [-0.3, -0.25) is 9.59 Å². The van der Waals surface area contributed by atoms with Crippen molar-refractivity contribution < 1.29 is 14.1 Å². The van der Waals surface area contributed by atoms with E-state index in [1.165, 1.54) is 0 Å². The summed E-state index contributed by atoms with van der Waals surface area (Å²) in [6.45, 7) is 3.64. The normalized spacial score (nSPS) is 25.3. The molecule has 1 saturated carbocycles. The number of hydrogen-bond donors (Lipinski definition) is 1. The van der Waals surface area contributed by atoms with E-state index in [1.54, 1.807) is 18.7 Å². The summed E-state index contributed by atoms with van der Waals surface area (Å²) in [5.74, 6) is 0.763. The van der Waals surface area contributed by atoms with Crippen molar-refractivity contribution in [1.29, 1.82) is 0 Å². The Morgan fingerprint density at radius 2 is 2.10 bits per heavy atom. The summed E-state index contributed by atoms with van der Waals surface area (Å²) in [7, 11) is 0. The molecule has 1 N–H and O–H groups in total. The number of amides is 2. The molecule has 0 aromatic carbocycles. The molecule has 1 aromatic rings. The minimum atomic E-state index is -0.706. The highest BCUT2D eigenvalue weighted by molar-refractivity contribution is 5.99. The van der Waals surface area contributed by atoms with Crippen molar-refractivity contribution in [2.75, 3.05) is 0 Å². The predicted molar refractivity (Wildman–Crippen MR) is 68.4 cm³/mol. The monoisotopic (exact) mass is 278 g/mol.